The molecule has 0 spiro atoms. The first-order chi connectivity index (χ1) is 13.9. The largest absolute Gasteiger partial charge is 0.465 e. The Labute approximate surface area is 170 Å². The van der Waals surface area contributed by atoms with Crippen LogP contribution in [0.4, 0.5) is 4.79 Å². The topological polar surface area (TPSA) is 111 Å². The van der Waals surface area contributed by atoms with Crippen molar-refractivity contribution in [3.8, 4) is 5.75 Å². The van der Waals surface area contributed by atoms with Gasteiger partial charge in [0.25, 0.3) is 0 Å². The average molecular weight is 426 g/mol. The van der Waals surface area contributed by atoms with Gasteiger partial charge < -0.3 is 13.7 Å². The Hall–Kier alpha value is -2.33. The van der Waals surface area contributed by atoms with Crippen molar-refractivity contribution >= 4 is 22.4 Å². The first-order valence-corrected chi connectivity index (χ1v) is 11.1. The minimum absolute atomic E-state index is 0.0527. The maximum atomic E-state index is 12.0. The van der Waals surface area contributed by atoms with Crippen molar-refractivity contribution in [2.24, 2.45) is 5.92 Å². The first-order valence-electron chi connectivity index (χ1n) is 9.69. The minimum Gasteiger partial charge on any atom is -0.465 e. The molecule has 1 amide bonds. The summed E-state index contributed by atoms with van der Waals surface area (Å²) in [6.07, 6.45) is 4.39. The zero-order chi connectivity index (χ0) is 20.9. The molecule has 0 aromatic heterocycles. The van der Waals surface area contributed by atoms with E-state index < -0.39 is 22.4 Å². The number of hydrogen-bond donors (Lipinski definition) is 1. The number of benzene rings is 1. The zero-order valence-corrected chi connectivity index (χ0v) is 17.2. The number of carbonyl (C=O) groups is 2. The molecule has 2 aliphatic heterocycles. The van der Waals surface area contributed by atoms with Crippen LogP contribution in [0.1, 0.15) is 42.5 Å². The highest BCUT2D eigenvalue weighted by atomic mass is 32.2. The molecule has 0 bridgehead atoms. The third-order valence-corrected chi connectivity index (χ3v) is 6.18. The Morgan fingerprint density at radius 3 is 2.55 bits per heavy atom. The molecular weight excluding hydrogens is 400 g/mol. The number of nitrogens with one attached hydrogen (secondary N) is 1. The number of nitrogens with zero attached hydrogens (tertiary/aromatic N) is 1. The normalized spacial score (nSPS) is 22.2. The van der Waals surface area contributed by atoms with Crippen LogP contribution in [-0.4, -0.2) is 58.2 Å². The molecule has 0 radical (unpaired) electrons. The second kappa shape index (κ2) is 9.45. The van der Waals surface area contributed by atoms with Crippen molar-refractivity contribution in [1.29, 1.82) is 0 Å². The van der Waals surface area contributed by atoms with Gasteiger partial charge in [-0.3, -0.25) is 4.90 Å². The molecular formula is C19H26N2O7S. The van der Waals surface area contributed by atoms with E-state index in [1.807, 2.05) is 0 Å². The summed E-state index contributed by atoms with van der Waals surface area (Å²) in [5.41, 5.74) is 0.244. The number of ether oxygens (including phenoxy) is 2. The molecule has 160 valence electrons. The average Bonchev–Trinajstić information content (AvgIpc) is 2.71. The SMILES string of the molecule is COC(=O)c1ccc(OS(=O)(=O)NC(=O)OC[C@@H]2CCCN3CCCC[C@H]23)cc1. The summed E-state index contributed by atoms with van der Waals surface area (Å²) in [5.74, 6) is -0.396. The third kappa shape index (κ3) is 5.83. The van der Waals surface area contributed by atoms with E-state index in [0.717, 1.165) is 32.4 Å². The van der Waals surface area contributed by atoms with E-state index in [4.69, 9.17) is 8.92 Å². The van der Waals surface area contributed by atoms with E-state index in [1.165, 1.54) is 44.2 Å². The Bertz CT molecular complexity index is 823. The molecule has 0 unspecified atom stereocenters. The Morgan fingerprint density at radius 2 is 1.83 bits per heavy atom. The van der Waals surface area contributed by atoms with Gasteiger partial charge in [-0.1, -0.05) is 6.42 Å². The van der Waals surface area contributed by atoms with Gasteiger partial charge in [0.2, 0.25) is 0 Å². The highest BCUT2D eigenvalue weighted by molar-refractivity contribution is 7.85. The van der Waals surface area contributed by atoms with Gasteiger partial charge in [0.15, 0.2) is 0 Å². The van der Waals surface area contributed by atoms with Gasteiger partial charge in [-0.25, -0.2) is 9.59 Å². The van der Waals surface area contributed by atoms with E-state index in [9.17, 15) is 18.0 Å². The molecule has 2 atom stereocenters. The molecule has 29 heavy (non-hydrogen) atoms. The molecule has 2 saturated heterocycles. The van der Waals surface area contributed by atoms with Crippen molar-refractivity contribution < 1.29 is 31.7 Å². The van der Waals surface area contributed by atoms with Crippen LogP contribution in [0.2, 0.25) is 0 Å². The third-order valence-electron chi connectivity index (χ3n) is 5.35. The lowest BCUT2D eigenvalue weighted by atomic mass is 9.84. The summed E-state index contributed by atoms with van der Waals surface area (Å²) < 4.78 is 40.4. The quantitative estimate of drug-likeness (QED) is 0.689. The standard InChI is InChI=1S/C19H26N2O7S/c1-26-18(22)14-7-9-16(10-8-14)28-29(24,25)20-19(23)27-13-15-5-4-12-21-11-3-2-6-17(15)21/h7-10,15,17H,2-6,11-13H2,1H3,(H,20,23)/t15-,17+/m0/s1. The summed E-state index contributed by atoms with van der Waals surface area (Å²) in [4.78, 5) is 25.8. The number of amides is 1. The predicted octanol–water partition coefficient (Wildman–Crippen LogP) is 2.09. The maximum Gasteiger partial charge on any atom is 0.423 e. The van der Waals surface area contributed by atoms with Gasteiger partial charge >= 0.3 is 22.4 Å². The summed E-state index contributed by atoms with van der Waals surface area (Å²) in [5, 5.41) is 0. The van der Waals surface area contributed by atoms with Gasteiger partial charge in [0, 0.05) is 12.0 Å². The van der Waals surface area contributed by atoms with Gasteiger partial charge in [-0.15, -0.1) is 0 Å². The maximum absolute atomic E-state index is 12.0. The van der Waals surface area contributed by atoms with Crippen molar-refractivity contribution in [3.63, 3.8) is 0 Å². The van der Waals surface area contributed by atoms with Crippen molar-refractivity contribution in [2.45, 2.75) is 38.1 Å². The number of carbonyl (C=O) groups excluding carboxylic acids is 2. The molecule has 10 heteroatoms. The Kier molecular flexibility index (Phi) is 6.96. The minimum atomic E-state index is -4.40. The lowest BCUT2D eigenvalue weighted by Crippen LogP contribution is -2.49. The van der Waals surface area contributed by atoms with Crippen LogP contribution < -0.4 is 8.91 Å². The molecule has 0 aliphatic carbocycles. The molecule has 2 fully saturated rings. The predicted molar refractivity (Wildman–Crippen MR) is 104 cm³/mol. The van der Waals surface area contributed by atoms with Gasteiger partial charge in [0.05, 0.1) is 19.3 Å². The fourth-order valence-electron chi connectivity index (χ4n) is 4.00. The van der Waals surface area contributed by atoms with Gasteiger partial charge in [-0.05, 0) is 63.0 Å². The molecule has 3 rings (SSSR count). The lowest BCUT2D eigenvalue weighted by molar-refractivity contribution is 0.0244. The van der Waals surface area contributed by atoms with E-state index >= 15 is 0 Å². The monoisotopic (exact) mass is 426 g/mol. The Morgan fingerprint density at radius 1 is 1.10 bits per heavy atom. The van der Waals surface area contributed by atoms with Crippen LogP contribution in [0, 0.1) is 5.92 Å². The van der Waals surface area contributed by atoms with Crippen LogP contribution >= 0.6 is 0 Å². The molecule has 1 N–H and O–H groups in total. The summed E-state index contributed by atoms with van der Waals surface area (Å²) in [6, 6.07) is 5.68. The first kappa shape index (κ1) is 21.4. The van der Waals surface area contributed by atoms with Gasteiger partial charge in [-0.2, -0.15) is 13.1 Å². The van der Waals surface area contributed by atoms with Crippen LogP contribution in [0.5, 0.6) is 5.75 Å². The van der Waals surface area contributed by atoms with E-state index in [-0.39, 0.29) is 23.8 Å². The molecule has 1 aromatic carbocycles. The second-order valence-electron chi connectivity index (χ2n) is 7.26. The van der Waals surface area contributed by atoms with Crippen LogP contribution in [-0.2, 0) is 19.8 Å². The van der Waals surface area contributed by atoms with Crippen LogP contribution in [0.25, 0.3) is 0 Å². The fraction of sp³-hybridized carbons (Fsp3) is 0.579. The van der Waals surface area contributed by atoms with Crippen LogP contribution in [0.3, 0.4) is 0 Å². The fourth-order valence-corrected chi connectivity index (χ4v) is 4.67. The van der Waals surface area contributed by atoms with Gasteiger partial charge in [0.1, 0.15) is 5.75 Å². The summed E-state index contributed by atoms with van der Waals surface area (Å²) >= 11 is 0. The van der Waals surface area contributed by atoms with Crippen molar-refractivity contribution in [2.75, 3.05) is 26.8 Å². The van der Waals surface area contributed by atoms with E-state index in [1.54, 1.807) is 4.72 Å². The highest BCUT2D eigenvalue weighted by Gasteiger charge is 2.33. The number of piperidine rings is 2. The molecule has 0 saturated carbocycles. The zero-order valence-electron chi connectivity index (χ0n) is 16.3. The smallest absolute Gasteiger partial charge is 0.423 e. The van der Waals surface area contributed by atoms with E-state index in [0.29, 0.717) is 6.04 Å². The van der Waals surface area contributed by atoms with Crippen LogP contribution in [0.15, 0.2) is 24.3 Å². The number of rotatable bonds is 6. The molecule has 2 aliphatic rings. The molecule has 9 nitrogen and oxygen atoms in total. The van der Waals surface area contributed by atoms with E-state index in [2.05, 4.69) is 9.64 Å². The number of hydrogen-bond acceptors (Lipinski definition) is 8. The summed E-state index contributed by atoms with van der Waals surface area (Å²) in [6.45, 7) is 2.32. The number of methoxy groups -OCH3 is 1. The van der Waals surface area contributed by atoms with Crippen molar-refractivity contribution in [3.05, 3.63) is 29.8 Å². The number of fused-ring (bicyclic) bond motifs is 1. The summed E-state index contributed by atoms with van der Waals surface area (Å²) in [7, 11) is -3.16. The highest BCUT2D eigenvalue weighted by Crippen LogP contribution is 2.31. The second-order valence-corrected chi connectivity index (χ2v) is 8.53. The lowest BCUT2D eigenvalue weighted by Gasteiger charge is -2.44. The molecule has 2 heterocycles. The number of esters is 1. The molecule has 1 aromatic rings. The Balaban J connectivity index is 1.49. The van der Waals surface area contributed by atoms with Crippen molar-refractivity contribution in [1.82, 2.24) is 9.62 Å².